The first-order valence-corrected chi connectivity index (χ1v) is 12.0. The van der Waals surface area contributed by atoms with Crippen molar-refractivity contribution in [3.05, 3.63) is 58.9 Å². The fourth-order valence-electron chi connectivity index (χ4n) is 4.42. The topological polar surface area (TPSA) is 60.2 Å². The second-order valence-corrected chi connectivity index (χ2v) is 10.4. The Hall–Kier alpha value is -2.73. The zero-order valence-electron chi connectivity index (χ0n) is 20.8. The molecule has 4 rings (SSSR count). The van der Waals surface area contributed by atoms with Crippen LogP contribution in [0, 0.1) is 6.92 Å². The van der Waals surface area contributed by atoms with Crippen LogP contribution in [-0.2, 0) is 16.9 Å². The van der Waals surface area contributed by atoms with Gasteiger partial charge in [0.25, 0.3) is 5.91 Å². The highest BCUT2D eigenvalue weighted by Crippen LogP contribution is 2.30. The molecule has 0 radical (unpaired) electrons. The van der Waals surface area contributed by atoms with Crippen LogP contribution < -0.4 is 0 Å². The van der Waals surface area contributed by atoms with Crippen LogP contribution >= 0.6 is 0 Å². The smallest absolute Gasteiger partial charge is 0.254 e. The molecule has 1 fully saturated rings. The van der Waals surface area contributed by atoms with Gasteiger partial charge in [0.05, 0.1) is 34.9 Å². The number of aromatic nitrogens is 3. The molecule has 3 aromatic rings. The largest absolute Gasteiger partial charge is 0.373 e. The molecule has 0 aliphatic carbocycles. The molecule has 6 heteroatoms. The monoisotopic (exact) mass is 448 g/mol. The molecule has 1 aliphatic heterocycles. The summed E-state index contributed by atoms with van der Waals surface area (Å²) in [4.78, 5) is 20.6. The third-order valence-electron chi connectivity index (χ3n) is 6.35. The molecule has 0 bridgehead atoms. The molecule has 1 saturated heterocycles. The first kappa shape index (κ1) is 23.4. The summed E-state index contributed by atoms with van der Waals surface area (Å²) < 4.78 is 8.08. The maximum Gasteiger partial charge on any atom is 0.254 e. The van der Waals surface area contributed by atoms with Crippen molar-refractivity contribution < 1.29 is 9.53 Å². The third-order valence-corrected chi connectivity index (χ3v) is 6.35. The number of likely N-dealkylation sites (tertiary alicyclic amines) is 1. The van der Waals surface area contributed by atoms with Crippen LogP contribution in [0.15, 0.2) is 36.4 Å². The van der Waals surface area contributed by atoms with E-state index >= 15 is 0 Å². The molecule has 1 aromatic carbocycles. The standard InChI is InChI=1S/C27H36N4O2/c1-18(2)23-16-22(24-19(3)29-31(25(24)28-23)27(4,5)6)26(32)30-14-12-21(13-15-30)33-17-20-10-8-7-9-11-20/h7-11,16,18,21H,12-15,17H2,1-6H3. The van der Waals surface area contributed by atoms with Gasteiger partial charge in [0.1, 0.15) is 0 Å². The predicted octanol–water partition coefficient (Wildman–Crippen LogP) is 5.44. The summed E-state index contributed by atoms with van der Waals surface area (Å²) in [5.41, 5.74) is 4.27. The molecule has 6 nitrogen and oxygen atoms in total. The number of benzene rings is 1. The fraction of sp³-hybridized carbons (Fsp3) is 0.519. The number of aryl methyl sites for hydroxylation is 1. The van der Waals surface area contributed by atoms with Crippen LogP contribution in [0.2, 0.25) is 0 Å². The Morgan fingerprint density at radius 1 is 1.15 bits per heavy atom. The van der Waals surface area contributed by atoms with Gasteiger partial charge in [-0.3, -0.25) is 4.79 Å². The maximum absolute atomic E-state index is 13.7. The summed E-state index contributed by atoms with van der Waals surface area (Å²) >= 11 is 0. The van der Waals surface area contributed by atoms with Crippen LogP contribution in [0.1, 0.15) is 80.7 Å². The number of piperidine rings is 1. The van der Waals surface area contributed by atoms with Gasteiger partial charge in [0.2, 0.25) is 0 Å². The summed E-state index contributed by atoms with van der Waals surface area (Å²) in [7, 11) is 0. The molecule has 0 saturated carbocycles. The Labute approximate surface area is 197 Å². The molecular weight excluding hydrogens is 412 g/mol. The fourth-order valence-corrected chi connectivity index (χ4v) is 4.42. The summed E-state index contributed by atoms with van der Waals surface area (Å²) in [6, 6.07) is 12.2. The highest BCUT2D eigenvalue weighted by Gasteiger charge is 2.29. The first-order valence-electron chi connectivity index (χ1n) is 12.0. The highest BCUT2D eigenvalue weighted by atomic mass is 16.5. The average molecular weight is 449 g/mol. The lowest BCUT2D eigenvalue weighted by Crippen LogP contribution is -2.41. The van der Waals surface area contributed by atoms with E-state index in [1.807, 2.05) is 40.8 Å². The van der Waals surface area contributed by atoms with Gasteiger partial charge >= 0.3 is 0 Å². The third kappa shape index (κ3) is 4.96. The molecule has 0 N–H and O–H groups in total. The Morgan fingerprint density at radius 2 is 1.82 bits per heavy atom. The van der Waals surface area contributed by atoms with Gasteiger partial charge in [-0.05, 0) is 58.1 Å². The van der Waals surface area contributed by atoms with E-state index in [9.17, 15) is 4.79 Å². The number of fused-ring (bicyclic) bond motifs is 1. The van der Waals surface area contributed by atoms with Gasteiger partial charge < -0.3 is 9.64 Å². The minimum absolute atomic E-state index is 0.0716. The Kier molecular flexibility index (Phi) is 6.57. The molecule has 1 aliphatic rings. The van der Waals surface area contributed by atoms with E-state index in [2.05, 4.69) is 46.8 Å². The van der Waals surface area contributed by atoms with Crippen molar-refractivity contribution in [1.82, 2.24) is 19.7 Å². The second kappa shape index (κ2) is 9.26. The highest BCUT2D eigenvalue weighted by molar-refractivity contribution is 6.06. The van der Waals surface area contributed by atoms with Crippen LogP contribution in [0.25, 0.3) is 11.0 Å². The number of rotatable bonds is 5. The average Bonchev–Trinajstić information content (AvgIpc) is 3.15. The van der Waals surface area contributed by atoms with Crippen molar-refractivity contribution in [3.8, 4) is 0 Å². The van der Waals surface area contributed by atoms with E-state index in [4.69, 9.17) is 14.8 Å². The van der Waals surface area contributed by atoms with Crippen molar-refractivity contribution in [3.63, 3.8) is 0 Å². The van der Waals surface area contributed by atoms with Crippen molar-refractivity contribution in [2.45, 2.75) is 78.6 Å². The molecule has 3 heterocycles. The van der Waals surface area contributed by atoms with Crippen LogP contribution in [0.3, 0.4) is 0 Å². The summed E-state index contributed by atoms with van der Waals surface area (Å²) in [5.74, 6) is 0.295. The van der Waals surface area contributed by atoms with E-state index in [0.29, 0.717) is 19.7 Å². The number of hydrogen-bond donors (Lipinski definition) is 0. The minimum Gasteiger partial charge on any atom is -0.373 e. The molecule has 0 unspecified atom stereocenters. The molecule has 1 amide bonds. The maximum atomic E-state index is 13.7. The van der Waals surface area contributed by atoms with Gasteiger partial charge in [0, 0.05) is 18.8 Å². The number of nitrogens with zero attached hydrogens (tertiary/aromatic N) is 4. The molecule has 0 atom stereocenters. The minimum atomic E-state index is -0.218. The van der Waals surface area contributed by atoms with Crippen LogP contribution in [0.5, 0.6) is 0 Å². The van der Waals surface area contributed by atoms with Crippen molar-refractivity contribution in [2.24, 2.45) is 0 Å². The van der Waals surface area contributed by atoms with E-state index in [1.54, 1.807) is 0 Å². The number of amides is 1. The lowest BCUT2D eigenvalue weighted by atomic mass is 10.0. The van der Waals surface area contributed by atoms with Gasteiger partial charge in [0.15, 0.2) is 5.65 Å². The number of carbonyl (C=O) groups is 1. The Balaban J connectivity index is 1.55. The molecular formula is C27H36N4O2. The van der Waals surface area contributed by atoms with Crippen molar-refractivity contribution >= 4 is 16.9 Å². The second-order valence-electron chi connectivity index (χ2n) is 10.4. The van der Waals surface area contributed by atoms with Gasteiger partial charge in [-0.15, -0.1) is 0 Å². The number of hydrogen-bond acceptors (Lipinski definition) is 4. The molecule has 33 heavy (non-hydrogen) atoms. The van der Waals surface area contributed by atoms with E-state index < -0.39 is 0 Å². The summed E-state index contributed by atoms with van der Waals surface area (Å²) in [5, 5.41) is 5.65. The van der Waals surface area contributed by atoms with Crippen LogP contribution in [0.4, 0.5) is 0 Å². The number of pyridine rings is 1. The van der Waals surface area contributed by atoms with Crippen molar-refractivity contribution in [2.75, 3.05) is 13.1 Å². The summed E-state index contributed by atoms with van der Waals surface area (Å²) in [6.45, 7) is 14.6. The van der Waals surface area contributed by atoms with Crippen molar-refractivity contribution in [1.29, 1.82) is 0 Å². The van der Waals surface area contributed by atoms with Gasteiger partial charge in [-0.2, -0.15) is 5.10 Å². The quantitative estimate of drug-likeness (QED) is 0.521. The normalized spacial score (nSPS) is 15.5. The SMILES string of the molecule is Cc1nn(C(C)(C)C)c2nc(C(C)C)cc(C(=O)N3CCC(OCc4ccccc4)CC3)c12. The lowest BCUT2D eigenvalue weighted by Gasteiger charge is -2.32. The Bertz CT molecular complexity index is 1120. The lowest BCUT2D eigenvalue weighted by molar-refractivity contribution is -0.000341. The first-order chi connectivity index (χ1) is 15.6. The number of carbonyl (C=O) groups excluding carboxylic acids is 1. The molecule has 0 spiro atoms. The Morgan fingerprint density at radius 3 is 2.42 bits per heavy atom. The molecule has 2 aromatic heterocycles. The zero-order valence-corrected chi connectivity index (χ0v) is 20.8. The van der Waals surface area contributed by atoms with E-state index in [1.165, 1.54) is 5.56 Å². The summed E-state index contributed by atoms with van der Waals surface area (Å²) in [6.07, 6.45) is 1.89. The van der Waals surface area contributed by atoms with E-state index in [-0.39, 0.29) is 23.5 Å². The number of ether oxygens (including phenoxy) is 1. The molecule has 176 valence electrons. The van der Waals surface area contributed by atoms with Gasteiger partial charge in [-0.25, -0.2) is 9.67 Å². The zero-order chi connectivity index (χ0) is 23.8. The van der Waals surface area contributed by atoms with Gasteiger partial charge in [-0.1, -0.05) is 44.2 Å². The van der Waals surface area contributed by atoms with Crippen LogP contribution in [-0.4, -0.2) is 44.8 Å². The van der Waals surface area contributed by atoms with E-state index in [0.717, 1.165) is 40.8 Å². The predicted molar refractivity (Wildman–Crippen MR) is 132 cm³/mol.